The largest absolute Gasteiger partial charge is 0.317 e. The lowest BCUT2D eigenvalue weighted by molar-refractivity contribution is 0.361. The van der Waals surface area contributed by atoms with E-state index in [1.165, 1.54) is 50.5 Å². The third-order valence-electron chi connectivity index (χ3n) is 4.40. The Morgan fingerprint density at radius 1 is 1.11 bits per heavy atom. The summed E-state index contributed by atoms with van der Waals surface area (Å²) in [7, 11) is 2.09. The Morgan fingerprint density at radius 3 is 2.32 bits per heavy atom. The fraction of sp³-hybridized carbons (Fsp3) is 0.647. The molecule has 0 saturated heterocycles. The molecule has 106 valence electrons. The average molecular weight is 280 g/mol. The third-order valence-corrected chi connectivity index (χ3v) is 4.65. The zero-order valence-corrected chi connectivity index (χ0v) is 12.8. The molecule has 1 saturated carbocycles. The normalized spacial score (nSPS) is 19.1. The van der Waals surface area contributed by atoms with Crippen molar-refractivity contribution in [2.24, 2.45) is 5.92 Å². The number of nitrogens with one attached hydrogen (secondary N) is 1. The molecular weight excluding hydrogens is 254 g/mol. The SMILES string of the molecule is CNC(Cc1ccc(Cl)cc1)CC1CCCCCC1. The van der Waals surface area contributed by atoms with E-state index < -0.39 is 0 Å². The fourth-order valence-electron chi connectivity index (χ4n) is 3.21. The van der Waals surface area contributed by atoms with Crippen LogP contribution in [0.15, 0.2) is 24.3 Å². The lowest BCUT2D eigenvalue weighted by atomic mass is 9.90. The predicted octanol–water partition coefficient (Wildman–Crippen LogP) is 4.83. The summed E-state index contributed by atoms with van der Waals surface area (Å²) in [6.07, 6.45) is 11.0. The van der Waals surface area contributed by atoms with Crippen LogP contribution in [0.5, 0.6) is 0 Å². The fourth-order valence-corrected chi connectivity index (χ4v) is 3.34. The molecule has 1 fully saturated rings. The lowest BCUT2D eigenvalue weighted by Gasteiger charge is -2.22. The van der Waals surface area contributed by atoms with Gasteiger partial charge in [0, 0.05) is 11.1 Å². The van der Waals surface area contributed by atoms with Gasteiger partial charge in [0.15, 0.2) is 0 Å². The first-order valence-corrected chi connectivity index (χ1v) is 8.07. The molecule has 0 aliphatic heterocycles. The maximum absolute atomic E-state index is 5.94. The molecule has 19 heavy (non-hydrogen) atoms. The second kappa shape index (κ2) is 7.91. The zero-order valence-electron chi connectivity index (χ0n) is 12.0. The number of benzene rings is 1. The maximum Gasteiger partial charge on any atom is 0.0406 e. The van der Waals surface area contributed by atoms with E-state index in [2.05, 4.69) is 24.5 Å². The molecule has 0 spiro atoms. The summed E-state index contributed by atoms with van der Waals surface area (Å²) in [4.78, 5) is 0. The maximum atomic E-state index is 5.94. The molecule has 1 unspecified atom stereocenters. The van der Waals surface area contributed by atoms with Crippen molar-refractivity contribution in [3.8, 4) is 0 Å². The summed E-state index contributed by atoms with van der Waals surface area (Å²) in [5, 5.41) is 4.33. The highest BCUT2D eigenvalue weighted by molar-refractivity contribution is 6.30. The Bertz CT molecular complexity index is 352. The van der Waals surface area contributed by atoms with Gasteiger partial charge in [0.25, 0.3) is 0 Å². The minimum absolute atomic E-state index is 0.601. The molecule has 1 aromatic carbocycles. The van der Waals surface area contributed by atoms with Crippen LogP contribution in [0.3, 0.4) is 0 Å². The smallest absolute Gasteiger partial charge is 0.0406 e. The first-order chi connectivity index (χ1) is 9.28. The van der Waals surface area contributed by atoms with Gasteiger partial charge in [0.2, 0.25) is 0 Å². The first kappa shape index (κ1) is 14.9. The van der Waals surface area contributed by atoms with Crippen LogP contribution in [0.4, 0.5) is 0 Å². The van der Waals surface area contributed by atoms with Crippen LogP contribution in [0.25, 0.3) is 0 Å². The van der Waals surface area contributed by atoms with Gasteiger partial charge >= 0.3 is 0 Å². The van der Waals surface area contributed by atoms with Gasteiger partial charge in [-0.25, -0.2) is 0 Å². The summed E-state index contributed by atoms with van der Waals surface area (Å²) in [6, 6.07) is 8.90. The number of hydrogen-bond donors (Lipinski definition) is 1. The summed E-state index contributed by atoms with van der Waals surface area (Å²) < 4.78 is 0. The van der Waals surface area contributed by atoms with Crippen LogP contribution < -0.4 is 5.32 Å². The van der Waals surface area contributed by atoms with E-state index in [-0.39, 0.29) is 0 Å². The molecular formula is C17H26ClN. The van der Waals surface area contributed by atoms with E-state index in [4.69, 9.17) is 11.6 Å². The van der Waals surface area contributed by atoms with Crippen molar-refractivity contribution >= 4 is 11.6 Å². The molecule has 1 aromatic rings. The highest BCUT2D eigenvalue weighted by atomic mass is 35.5. The standard InChI is InChI=1S/C17H26ClN/c1-19-17(12-14-6-4-2-3-5-7-14)13-15-8-10-16(18)11-9-15/h8-11,14,17,19H,2-7,12-13H2,1H3. The Labute approximate surface area is 122 Å². The van der Waals surface area contributed by atoms with Gasteiger partial charge in [0.1, 0.15) is 0 Å². The summed E-state index contributed by atoms with van der Waals surface area (Å²) in [5.74, 6) is 0.923. The van der Waals surface area contributed by atoms with Gasteiger partial charge in [-0.15, -0.1) is 0 Å². The highest BCUT2D eigenvalue weighted by Gasteiger charge is 2.17. The molecule has 1 aliphatic carbocycles. The van der Waals surface area contributed by atoms with Gasteiger partial charge in [-0.1, -0.05) is 62.3 Å². The van der Waals surface area contributed by atoms with E-state index in [1.807, 2.05) is 12.1 Å². The topological polar surface area (TPSA) is 12.0 Å². The van der Waals surface area contributed by atoms with Crippen molar-refractivity contribution < 1.29 is 0 Å². The first-order valence-electron chi connectivity index (χ1n) is 7.69. The van der Waals surface area contributed by atoms with E-state index in [1.54, 1.807) is 0 Å². The van der Waals surface area contributed by atoms with Gasteiger partial charge in [-0.2, -0.15) is 0 Å². The number of rotatable bonds is 5. The van der Waals surface area contributed by atoms with Crippen LogP contribution in [-0.4, -0.2) is 13.1 Å². The number of hydrogen-bond acceptors (Lipinski definition) is 1. The van der Waals surface area contributed by atoms with E-state index in [9.17, 15) is 0 Å². The van der Waals surface area contributed by atoms with Crippen LogP contribution in [0, 0.1) is 5.92 Å². The van der Waals surface area contributed by atoms with Crippen molar-refractivity contribution in [1.29, 1.82) is 0 Å². The quantitative estimate of drug-likeness (QED) is 0.761. The Balaban J connectivity index is 1.86. The van der Waals surface area contributed by atoms with Crippen molar-refractivity contribution in [2.45, 2.75) is 57.4 Å². The molecule has 0 amide bonds. The molecule has 1 aliphatic rings. The highest BCUT2D eigenvalue weighted by Crippen LogP contribution is 2.27. The monoisotopic (exact) mass is 279 g/mol. The van der Waals surface area contributed by atoms with E-state index in [0.717, 1.165) is 17.4 Å². The second-order valence-electron chi connectivity index (χ2n) is 5.91. The van der Waals surface area contributed by atoms with Crippen LogP contribution >= 0.6 is 11.6 Å². The van der Waals surface area contributed by atoms with Gasteiger partial charge in [0.05, 0.1) is 0 Å². The van der Waals surface area contributed by atoms with Gasteiger partial charge in [-0.3, -0.25) is 0 Å². The third kappa shape index (κ3) is 5.16. The van der Waals surface area contributed by atoms with E-state index in [0.29, 0.717) is 6.04 Å². The minimum Gasteiger partial charge on any atom is -0.317 e. The van der Waals surface area contributed by atoms with Crippen LogP contribution in [-0.2, 0) is 6.42 Å². The molecule has 0 bridgehead atoms. The van der Waals surface area contributed by atoms with Crippen LogP contribution in [0.1, 0.15) is 50.5 Å². The van der Waals surface area contributed by atoms with Crippen molar-refractivity contribution in [1.82, 2.24) is 5.32 Å². The average Bonchev–Trinajstić information content (AvgIpc) is 2.69. The number of halogens is 1. The molecule has 1 atom stereocenters. The van der Waals surface area contributed by atoms with Gasteiger partial charge in [-0.05, 0) is 43.5 Å². The minimum atomic E-state index is 0.601. The Hall–Kier alpha value is -0.530. The van der Waals surface area contributed by atoms with Crippen molar-refractivity contribution in [3.63, 3.8) is 0 Å². The van der Waals surface area contributed by atoms with Crippen molar-refractivity contribution in [3.05, 3.63) is 34.9 Å². The molecule has 0 aromatic heterocycles. The molecule has 0 radical (unpaired) electrons. The molecule has 2 rings (SSSR count). The summed E-state index contributed by atoms with van der Waals surface area (Å²) >= 11 is 5.94. The van der Waals surface area contributed by atoms with Gasteiger partial charge < -0.3 is 5.32 Å². The molecule has 1 N–H and O–H groups in total. The van der Waals surface area contributed by atoms with E-state index >= 15 is 0 Å². The predicted molar refractivity (Wildman–Crippen MR) is 83.8 cm³/mol. The zero-order chi connectivity index (χ0) is 13.5. The Morgan fingerprint density at radius 2 is 1.74 bits per heavy atom. The molecule has 1 nitrogen and oxygen atoms in total. The Kier molecular flexibility index (Phi) is 6.19. The molecule has 2 heteroatoms. The number of likely N-dealkylation sites (N-methyl/N-ethyl adjacent to an activating group) is 1. The van der Waals surface area contributed by atoms with Crippen molar-refractivity contribution in [2.75, 3.05) is 7.05 Å². The summed E-state index contributed by atoms with van der Waals surface area (Å²) in [5.41, 5.74) is 1.39. The molecule has 0 heterocycles. The second-order valence-corrected chi connectivity index (χ2v) is 6.35. The lowest BCUT2D eigenvalue weighted by Crippen LogP contribution is -2.30. The summed E-state index contributed by atoms with van der Waals surface area (Å²) in [6.45, 7) is 0. The van der Waals surface area contributed by atoms with Crippen LogP contribution in [0.2, 0.25) is 5.02 Å².